The zero-order valence-corrected chi connectivity index (χ0v) is 17.5. The highest BCUT2D eigenvalue weighted by molar-refractivity contribution is 5.75. The van der Waals surface area contributed by atoms with Gasteiger partial charge in [0.15, 0.2) is 0 Å². The lowest BCUT2D eigenvalue weighted by Gasteiger charge is -2.08. The van der Waals surface area contributed by atoms with E-state index < -0.39 is 0 Å². The molecule has 0 heterocycles. The van der Waals surface area contributed by atoms with Gasteiger partial charge in [0.2, 0.25) is 5.91 Å². The molecule has 0 aliphatic heterocycles. The molecule has 7 nitrogen and oxygen atoms in total. The van der Waals surface area contributed by atoms with Crippen molar-refractivity contribution in [3.8, 4) is 0 Å². The van der Waals surface area contributed by atoms with Gasteiger partial charge in [-0.1, -0.05) is 26.2 Å². The van der Waals surface area contributed by atoms with Gasteiger partial charge in [0.1, 0.15) is 0 Å². The van der Waals surface area contributed by atoms with Gasteiger partial charge in [0.25, 0.3) is 0 Å². The SMILES string of the molecule is CCCCOCCOCCOCCOCCOCCCCCCC(=O)NC. The number of carbonyl (C=O) groups is 1. The first kappa shape index (κ1) is 26.3. The third-order valence-electron chi connectivity index (χ3n) is 3.85. The van der Waals surface area contributed by atoms with Crippen LogP contribution in [0.1, 0.15) is 51.9 Å². The van der Waals surface area contributed by atoms with Crippen molar-refractivity contribution in [2.24, 2.45) is 0 Å². The quantitative estimate of drug-likeness (QED) is 0.286. The lowest BCUT2D eigenvalue weighted by molar-refractivity contribution is -0.120. The van der Waals surface area contributed by atoms with Crippen LogP contribution < -0.4 is 5.32 Å². The summed E-state index contributed by atoms with van der Waals surface area (Å²) in [6, 6.07) is 0. The molecule has 0 radical (unpaired) electrons. The van der Waals surface area contributed by atoms with Crippen molar-refractivity contribution < 1.29 is 28.5 Å². The number of carbonyl (C=O) groups excluding carboxylic acids is 1. The molecule has 0 spiro atoms. The summed E-state index contributed by atoms with van der Waals surface area (Å²) in [5.41, 5.74) is 0. The van der Waals surface area contributed by atoms with E-state index in [1.807, 2.05) is 0 Å². The highest BCUT2D eigenvalue weighted by atomic mass is 16.6. The second-order valence-electron chi connectivity index (χ2n) is 6.25. The fraction of sp³-hybridized carbons (Fsp3) is 0.950. The average molecular weight is 392 g/mol. The van der Waals surface area contributed by atoms with E-state index >= 15 is 0 Å². The number of nitrogens with one attached hydrogen (secondary N) is 1. The smallest absolute Gasteiger partial charge is 0.219 e. The van der Waals surface area contributed by atoms with Gasteiger partial charge in [-0.2, -0.15) is 0 Å². The molecule has 0 saturated carbocycles. The molecule has 0 unspecified atom stereocenters. The van der Waals surface area contributed by atoms with E-state index in [-0.39, 0.29) is 5.91 Å². The van der Waals surface area contributed by atoms with Crippen LogP contribution in [-0.2, 0) is 28.5 Å². The van der Waals surface area contributed by atoms with Crippen molar-refractivity contribution in [3.05, 3.63) is 0 Å². The monoisotopic (exact) mass is 391 g/mol. The maximum Gasteiger partial charge on any atom is 0.219 e. The summed E-state index contributed by atoms with van der Waals surface area (Å²) in [5, 5.41) is 2.63. The van der Waals surface area contributed by atoms with Crippen LogP contribution in [0.2, 0.25) is 0 Å². The molecule has 0 aromatic rings. The summed E-state index contributed by atoms with van der Waals surface area (Å²) in [6.45, 7) is 8.49. The number of amides is 1. The molecule has 0 bridgehead atoms. The van der Waals surface area contributed by atoms with Gasteiger partial charge in [-0.15, -0.1) is 0 Å². The first-order chi connectivity index (χ1) is 13.3. The third kappa shape index (κ3) is 23.2. The molecule has 0 aromatic heterocycles. The highest BCUT2D eigenvalue weighted by Crippen LogP contribution is 2.03. The molecule has 162 valence electrons. The van der Waals surface area contributed by atoms with Gasteiger partial charge in [0.05, 0.1) is 52.9 Å². The van der Waals surface area contributed by atoms with Crippen LogP contribution in [-0.4, -0.2) is 79.0 Å². The Hall–Kier alpha value is -0.730. The normalized spacial score (nSPS) is 11.0. The van der Waals surface area contributed by atoms with Crippen LogP contribution in [0, 0.1) is 0 Å². The van der Waals surface area contributed by atoms with Crippen LogP contribution in [0.5, 0.6) is 0 Å². The molecular weight excluding hydrogens is 350 g/mol. The summed E-state index contributed by atoms with van der Waals surface area (Å²) >= 11 is 0. The predicted molar refractivity (Wildman–Crippen MR) is 106 cm³/mol. The molecule has 1 N–H and O–H groups in total. The summed E-state index contributed by atoms with van der Waals surface area (Å²) in [6.07, 6.45) is 7.02. The van der Waals surface area contributed by atoms with Crippen LogP contribution in [0.3, 0.4) is 0 Å². The van der Waals surface area contributed by atoms with E-state index in [1.54, 1.807) is 7.05 Å². The Balaban J connectivity index is 3.00. The number of unbranched alkanes of at least 4 members (excludes halogenated alkanes) is 4. The third-order valence-corrected chi connectivity index (χ3v) is 3.85. The van der Waals surface area contributed by atoms with E-state index in [4.69, 9.17) is 23.7 Å². The molecule has 0 aromatic carbocycles. The van der Waals surface area contributed by atoms with Gasteiger partial charge in [-0.05, 0) is 19.3 Å². The topological polar surface area (TPSA) is 75.2 Å². The standard InChI is InChI=1S/C20H41NO6/c1-3-4-10-23-12-14-25-16-18-27-19-17-26-15-13-24-11-8-6-5-7-9-20(22)21-2/h3-19H2,1-2H3,(H,21,22). The summed E-state index contributed by atoms with van der Waals surface area (Å²) < 4.78 is 27.2. The lowest BCUT2D eigenvalue weighted by Crippen LogP contribution is -2.16. The Morgan fingerprint density at radius 3 is 1.44 bits per heavy atom. The van der Waals surface area contributed by atoms with E-state index in [0.717, 1.165) is 51.7 Å². The Bertz CT molecular complexity index is 304. The van der Waals surface area contributed by atoms with Gasteiger partial charge < -0.3 is 29.0 Å². The number of hydrogen-bond donors (Lipinski definition) is 1. The molecule has 0 rings (SSSR count). The van der Waals surface area contributed by atoms with Gasteiger partial charge >= 0.3 is 0 Å². The Morgan fingerprint density at radius 2 is 1.00 bits per heavy atom. The fourth-order valence-electron chi connectivity index (χ4n) is 2.20. The molecule has 27 heavy (non-hydrogen) atoms. The molecule has 0 saturated heterocycles. The maximum absolute atomic E-state index is 11.0. The van der Waals surface area contributed by atoms with Crippen molar-refractivity contribution in [1.29, 1.82) is 0 Å². The van der Waals surface area contributed by atoms with Crippen molar-refractivity contribution in [1.82, 2.24) is 5.32 Å². The molecule has 0 aliphatic carbocycles. The van der Waals surface area contributed by atoms with Crippen molar-refractivity contribution in [2.45, 2.75) is 51.9 Å². The first-order valence-corrected chi connectivity index (χ1v) is 10.4. The summed E-state index contributed by atoms with van der Waals surface area (Å²) in [7, 11) is 1.67. The van der Waals surface area contributed by atoms with Crippen molar-refractivity contribution in [3.63, 3.8) is 0 Å². The van der Waals surface area contributed by atoms with Gasteiger partial charge in [0, 0.05) is 26.7 Å². The van der Waals surface area contributed by atoms with Crippen LogP contribution in [0.4, 0.5) is 0 Å². The van der Waals surface area contributed by atoms with Crippen molar-refractivity contribution in [2.75, 3.05) is 73.1 Å². The highest BCUT2D eigenvalue weighted by Gasteiger charge is 1.97. The van der Waals surface area contributed by atoms with E-state index in [2.05, 4.69) is 12.2 Å². The Kier molecular flexibility index (Phi) is 22.7. The molecule has 0 fully saturated rings. The van der Waals surface area contributed by atoms with E-state index in [1.165, 1.54) is 0 Å². The second-order valence-corrected chi connectivity index (χ2v) is 6.25. The predicted octanol–water partition coefficient (Wildman–Crippen LogP) is 2.57. The molecule has 1 amide bonds. The minimum absolute atomic E-state index is 0.118. The average Bonchev–Trinajstić information content (AvgIpc) is 2.68. The lowest BCUT2D eigenvalue weighted by atomic mass is 10.1. The van der Waals surface area contributed by atoms with Crippen LogP contribution in [0.25, 0.3) is 0 Å². The first-order valence-electron chi connectivity index (χ1n) is 10.4. The number of rotatable bonds is 22. The summed E-state index contributed by atoms with van der Waals surface area (Å²) in [4.78, 5) is 11.0. The zero-order chi connectivity index (χ0) is 19.8. The molecule has 0 aliphatic rings. The largest absolute Gasteiger partial charge is 0.379 e. The fourth-order valence-corrected chi connectivity index (χ4v) is 2.20. The van der Waals surface area contributed by atoms with Gasteiger partial charge in [-0.25, -0.2) is 0 Å². The van der Waals surface area contributed by atoms with Crippen LogP contribution >= 0.6 is 0 Å². The zero-order valence-electron chi connectivity index (χ0n) is 17.5. The molecular formula is C20H41NO6. The molecule has 0 atom stereocenters. The Morgan fingerprint density at radius 1 is 0.593 bits per heavy atom. The number of ether oxygens (including phenoxy) is 5. The second kappa shape index (κ2) is 23.3. The van der Waals surface area contributed by atoms with Gasteiger partial charge in [-0.3, -0.25) is 4.79 Å². The summed E-state index contributed by atoms with van der Waals surface area (Å²) in [5.74, 6) is 0.118. The minimum Gasteiger partial charge on any atom is -0.379 e. The maximum atomic E-state index is 11.0. The Labute approximate surface area is 165 Å². The van der Waals surface area contributed by atoms with E-state index in [0.29, 0.717) is 59.3 Å². The number of hydrogen-bond acceptors (Lipinski definition) is 6. The van der Waals surface area contributed by atoms with Crippen molar-refractivity contribution >= 4 is 5.91 Å². The molecule has 7 heteroatoms. The van der Waals surface area contributed by atoms with Crippen LogP contribution in [0.15, 0.2) is 0 Å². The van der Waals surface area contributed by atoms with E-state index in [9.17, 15) is 4.79 Å². The minimum atomic E-state index is 0.118.